The molecule has 1 aliphatic heterocycles. The summed E-state index contributed by atoms with van der Waals surface area (Å²) in [6.07, 6.45) is 3.14. The highest BCUT2D eigenvalue weighted by molar-refractivity contribution is 5.67. The zero-order chi connectivity index (χ0) is 14.6. The van der Waals surface area contributed by atoms with Gasteiger partial charge in [0.05, 0.1) is 19.3 Å². The van der Waals surface area contributed by atoms with Crippen molar-refractivity contribution in [2.24, 2.45) is 5.41 Å². The smallest absolute Gasteiger partial charge is 0.410 e. The second kappa shape index (κ2) is 6.22. The molecule has 0 aromatic carbocycles. The maximum Gasteiger partial charge on any atom is 0.410 e. The highest BCUT2D eigenvalue weighted by Gasteiger charge is 2.33. The number of nitrogens with zero attached hydrogens (tertiary/aromatic N) is 2. The Kier molecular flexibility index (Phi) is 4.60. The fourth-order valence-electron chi connectivity index (χ4n) is 2.05. The first kappa shape index (κ1) is 14.8. The average molecular weight is 278 g/mol. The van der Waals surface area contributed by atoms with E-state index < -0.39 is 0 Å². The van der Waals surface area contributed by atoms with Crippen LogP contribution >= 0.6 is 0 Å². The fourth-order valence-corrected chi connectivity index (χ4v) is 2.05. The summed E-state index contributed by atoms with van der Waals surface area (Å²) in [4.78, 5) is 17.7. The van der Waals surface area contributed by atoms with E-state index in [0.29, 0.717) is 19.7 Å². The maximum absolute atomic E-state index is 12.1. The molecule has 20 heavy (non-hydrogen) atoms. The quantitative estimate of drug-likeness (QED) is 0.834. The first-order valence-corrected chi connectivity index (χ1v) is 6.89. The minimum atomic E-state index is -0.278. The van der Waals surface area contributed by atoms with Crippen molar-refractivity contribution >= 4 is 6.09 Å². The van der Waals surface area contributed by atoms with Crippen molar-refractivity contribution in [3.63, 3.8) is 0 Å². The Bertz CT molecular complexity index is 442. The average Bonchev–Trinajstić information content (AvgIpc) is 2.45. The molecule has 0 spiro atoms. The van der Waals surface area contributed by atoms with Gasteiger partial charge in [-0.15, -0.1) is 0 Å². The minimum Gasteiger partial charge on any atom is -0.445 e. The number of amides is 1. The number of hydrogen-bond donors (Lipinski definition) is 0. The topological polar surface area (TPSA) is 51.7 Å². The summed E-state index contributed by atoms with van der Waals surface area (Å²) in [5, 5.41) is 0. The van der Waals surface area contributed by atoms with Gasteiger partial charge in [0.15, 0.2) is 0 Å². The van der Waals surface area contributed by atoms with Gasteiger partial charge in [0.25, 0.3) is 0 Å². The Hall–Kier alpha value is -1.62. The van der Waals surface area contributed by atoms with Crippen molar-refractivity contribution < 1.29 is 14.3 Å². The van der Waals surface area contributed by atoms with Crippen LogP contribution in [0, 0.1) is 5.41 Å². The molecule has 5 nitrogen and oxygen atoms in total. The van der Waals surface area contributed by atoms with Crippen LogP contribution in [-0.4, -0.2) is 41.8 Å². The van der Waals surface area contributed by atoms with Gasteiger partial charge in [-0.05, 0) is 23.1 Å². The van der Waals surface area contributed by atoms with E-state index in [1.165, 1.54) is 0 Å². The van der Waals surface area contributed by atoms with E-state index in [9.17, 15) is 4.79 Å². The summed E-state index contributed by atoms with van der Waals surface area (Å²) in [5.41, 5.74) is 0.957. The van der Waals surface area contributed by atoms with Crippen LogP contribution in [0.25, 0.3) is 0 Å². The van der Waals surface area contributed by atoms with E-state index in [4.69, 9.17) is 9.47 Å². The number of morpholine rings is 1. The third-order valence-electron chi connectivity index (χ3n) is 3.40. The molecule has 1 amide bonds. The van der Waals surface area contributed by atoms with Crippen molar-refractivity contribution in [3.8, 4) is 0 Å². The largest absolute Gasteiger partial charge is 0.445 e. The molecule has 2 rings (SSSR count). The predicted octanol–water partition coefficient (Wildman–Crippen LogP) is 2.47. The molecular formula is C15H22N2O3. The number of rotatable bonds is 2. The molecule has 0 saturated carbocycles. The molecule has 0 aliphatic carbocycles. The lowest BCUT2D eigenvalue weighted by Crippen LogP contribution is -2.50. The van der Waals surface area contributed by atoms with Gasteiger partial charge in [-0.25, -0.2) is 4.79 Å². The number of aromatic nitrogens is 1. The van der Waals surface area contributed by atoms with Gasteiger partial charge in [-0.1, -0.05) is 20.8 Å². The second-order valence-corrected chi connectivity index (χ2v) is 6.08. The molecule has 0 bridgehead atoms. The first-order chi connectivity index (χ1) is 9.47. The summed E-state index contributed by atoms with van der Waals surface area (Å²) in [5.74, 6) is 0. The van der Waals surface area contributed by atoms with E-state index in [2.05, 4.69) is 25.8 Å². The lowest BCUT2D eigenvalue weighted by molar-refractivity contribution is -0.0755. The molecule has 1 fully saturated rings. The van der Waals surface area contributed by atoms with E-state index in [-0.39, 0.29) is 24.2 Å². The lowest BCUT2D eigenvalue weighted by Gasteiger charge is -2.38. The number of hydrogen-bond acceptors (Lipinski definition) is 4. The van der Waals surface area contributed by atoms with Crippen molar-refractivity contribution in [2.45, 2.75) is 33.5 Å². The van der Waals surface area contributed by atoms with E-state index in [1.807, 2.05) is 12.1 Å². The normalized spacial score (nSPS) is 19.8. The molecule has 0 N–H and O–H groups in total. The molecule has 1 unspecified atom stereocenters. The van der Waals surface area contributed by atoms with Gasteiger partial charge < -0.3 is 14.4 Å². The molecule has 0 radical (unpaired) electrons. The lowest BCUT2D eigenvalue weighted by atomic mass is 9.88. The Morgan fingerprint density at radius 3 is 2.80 bits per heavy atom. The summed E-state index contributed by atoms with van der Waals surface area (Å²) in [6.45, 7) is 8.35. The van der Waals surface area contributed by atoms with Crippen molar-refractivity contribution in [3.05, 3.63) is 30.1 Å². The monoisotopic (exact) mass is 278 g/mol. The molecule has 1 aromatic heterocycles. The van der Waals surface area contributed by atoms with Crippen molar-refractivity contribution in [2.75, 3.05) is 19.7 Å². The van der Waals surface area contributed by atoms with Crippen LogP contribution in [0.4, 0.5) is 4.79 Å². The van der Waals surface area contributed by atoms with Gasteiger partial charge in [0.2, 0.25) is 0 Å². The van der Waals surface area contributed by atoms with E-state index >= 15 is 0 Å². The Labute approximate surface area is 119 Å². The number of carbonyl (C=O) groups is 1. The zero-order valence-electron chi connectivity index (χ0n) is 12.3. The molecule has 1 atom stereocenters. The van der Waals surface area contributed by atoms with Crippen molar-refractivity contribution in [1.29, 1.82) is 0 Å². The van der Waals surface area contributed by atoms with Gasteiger partial charge in [0.1, 0.15) is 6.61 Å². The van der Waals surface area contributed by atoms with Crippen LogP contribution in [0.15, 0.2) is 24.5 Å². The number of ether oxygens (including phenoxy) is 2. The minimum absolute atomic E-state index is 0.0179. The van der Waals surface area contributed by atoms with Crippen LogP contribution in [0.2, 0.25) is 0 Å². The molecule has 2 heterocycles. The Balaban J connectivity index is 1.86. The summed E-state index contributed by atoms with van der Waals surface area (Å²) in [6, 6.07) is 3.68. The molecule has 1 aromatic rings. The number of carbonyl (C=O) groups excluding carboxylic acids is 1. The third-order valence-corrected chi connectivity index (χ3v) is 3.40. The van der Waals surface area contributed by atoms with Crippen LogP contribution in [0.5, 0.6) is 0 Å². The van der Waals surface area contributed by atoms with Gasteiger partial charge >= 0.3 is 6.09 Å². The Morgan fingerprint density at radius 1 is 1.45 bits per heavy atom. The van der Waals surface area contributed by atoms with Gasteiger partial charge in [0, 0.05) is 18.9 Å². The molecular weight excluding hydrogens is 256 g/mol. The van der Waals surface area contributed by atoms with Gasteiger partial charge in [-0.2, -0.15) is 0 Å². The summed E-state index contributed by atoms with van der Waals surface area (Å²) in [7, 11) is 0. The van der Waals surface area contributed by atoms with Crippen molar-refractivity contribution in [1.82, 2.24) is 9.88 Å². The standard InChI is InChI=1S/C15H22N2O3/c1-15(2,3)13-10-17(8-9-19-13)14(18)20-11-12-4-6-16-7-5-12/h4-7,13H,8-11H2,1-3H3. The Morgan fingerprint density at radius 2 is 2.15 bits per heavy atom. The highest BCUT2D eigenvalue weighted by Crippen LogP contribution is 2.25. The molecule has 1 aliphatic rings. The zero-order valence-corrected chi connectivity index (χ0v) is 12.3. The van der Waals surface area contributed by atoms with Crippen LogP contribution in [0.3, 0.4) is 0 Å². The molecule has 1 saturated heterocycles. The first-order valence-electron chi connectivity index (χ1n) is 6.89. The van der Waals surface area contributed by atoms with Crippen LogP contribution in [-0.2, 0) is 16.1 Å². The van der Waals surface area contributed by atoms with Gasteiger partial charge in [-0.3, -0.25) is 4.98 Å². The fraction of sp³-hybridized carbons (Fsp3) is 0.600. The van der Waals surface area contributed by atoms with E-state index in [0.717, 1.165) is 5.56 Å². The molecule has 5 heteroatoms. The summed E-state index contributed by atoms with van der Waals surface area (Å²) < 4.78 is 11.1. The van der Waals surface area contributed by atoms with Crippen LogP contribution < -0.4 is 0 Å². The van der Waals surface area contributed by atoms with Crippen LogP contribution in [0.1, 0.15) is 26.3 Å². The highest BCUT2D eigenvalue weighted by atomic mass is 16.6. The maximum atomic E-state index is 12.1. The number of pyridine rings is 1. The third kappa shape index (κ3) is 3.93. The second-order valence-electron chi connectivity index (χ2n) is 6.08. The SMILES string of the molecule is CC(C)(C)C1CN(C(=O)OCc2ccncc2)CCO1. The predicted molar refractivity (Wildman–Crippen MR) is 75.2 cm³/mol. The summed E-state index contributed by atoms with van der Waals surface area (Å²) >= 11 is 0. The molecule has 110 valence electrons. The van der Waals surface area contributed by atoms with E-state index in [1.54, 1.807) is 17.3 Å².